The van der Waals surface area contributed by atoms with Crippen molar-refractivity contribution in [2.75, 3.05) is 0 Å². The molecule has 0 saturated heterocycles. The van der Waals surface area contributed by atoms with Gasteiger partial charge in [-0.1, -0.05) is 72.2 Å². The van der Waals surface area contributed by atoms with Crippen LogP contribution in [0.4, 0.5) is 0 Å². The number of hydrogen-bond donors (Lipinski definition) is 0. The molecule has 0 aliphatic carbocycles. The number of aromatic nitrogens is 2. The van der Waals surface area contributed by atoms with Crippen LogP contribution in [0, 0.1) is 6.92 Å². The number of hydrogen-bond acceptors (Lipinski definition) is 3. The monoisotopic (exact) mass is 398 g/mol. The standard InChI is InChI=1S/C22H23ClN2OS/c1-4-20-19(13-16-8-5-7-15(2)11-16)21(26)25(3)22(24-20)27-14-17-9-6-10-18(23)12-17/h5-12H,4,13-14H2,1-3H3. The van der Waals surface area contributed by atoms with Crippen LogP contribution < -0.4 is 5.56 Å². The summed E-state index contributed by atoms with van der Waals surface area (Å²) in [5.74, 6) is 0.723. The van der Waals surface area contributed by atoms with Crippen molar-refractivity contribution in [3.63, 3.8) is 0 Å². The van der Waals surface area contributed by atoms with Gasteiger partial charge in [0.05, 0.1) is 5.69 Å². The highest BCUT2D eigenvalue weighted by atomic mass is 35.5. The van der Waals surface area contributed by atoms with Gasteiger partial charge in [-0.25, -0.2) is 4.98 Å². The summed E-state index contributed by atoms with van der Waals surface area (Å²) in [6.07, 6.45) is 1.35. The molecule has 3 rings (SSSR count). The summed E-state index contributed by atoms with van der Waals surface area (Å²) in [7, 11) is 1.80. The lowest BCUT2D eigenvalue weighted by Crippen LogP contribution is -2.26. The molecule has 3 aromatic rings. The Hall–Kier alpha value is -2.04. The second kappa shape index (κ2) is 8.77. The molecule has 0 saturated carbocycles. The van der Waals surface area contributed by atoms with Crippen molar-refractivity contribution in [2.45, 2.75) is 37.6 Å². The molecular formula is C22H23ClN2OS. The summed E-state index contributed by atoms with van der Waals surface area (Å²) < 4.78 is 1.67. The zero-order chi connectivity index (χ0) is 19.4. The third-order valence-corrected chi connectivity index (χ3v) is 5.82. The van der Waals surface area contributed by atoms with Gasteiger partial charge in [0.25, 0.3) is 5.56 Å². The van der Waals surface area contributed by atoms with Gasteiger partial charge in [0.15, 0.2) is 5.16 Å². The topological polar surface area (TPSA) is 34.9 Å². The normalized spacial score (nSPS) is 11.0. The number of rotatable bonds is 6. The van der Waals surface area contributed by atoms with E-state index >= 15 is 0 Å². The van der Waals surface area contributed by atoms with Gasteiger partial charge in [-0.2, -0.15) is 0 Å². The van der Waals surface area contributed by atoms with Crippen molar-refractivity contribution in [3.8, 4) is 0 Å². The zero-order valence-electron chi connectivity index (χ0n) is 15.8. The molecular weight excluding hydrogens is 376 g/mol. The molecule has 0 fully saturated rings. The average molecular weight is 399 g/mol. The first kappa shape index (κ1) is 19.7. The lowest BCUT2D eigenvalue weighted by atomic mass is 10.0. The maximum atomic E-state index is 13.0. The van der Waals surface area contributed by atoms with Crippen molar-refractivity contribution in [3.05, 3.63) is 91.9 Å². The number of nitrogens with zero attached hydrogens (tertiary/aromatic N) is 2. The smallest absolute Gasteiger partial charge is 0.257 e. The van der Waals surface area contributed by atoms with E-state index in [9.17, 15) is 4.79 Å². The van der Waals surface area contributed by atoms with Crippen LogP contribution in [0.3, 0.4) is 0 Å². The van der Waals surface area contributed by atoms with Crippen molar-refractivity contribution >= 4 is 23.4 Å². The molecule has 0 radical (unpaired) electrons. The van der Waals surface area contributed by atoms with E-state index in [2.05, 4.69) is 25.1 Å². The minimum absolute atomic E-state index is 0.0388. The summed E-state index contributed by atoms with van der Waals surface area (Å²) in [5.41, 5.74) is 5.17. The third kappa shape index (κ3) is 4.82. The number of aryl methyl sites for hydroxylation is 2. The van der Waals surface area contributed by atoms with Gasteiger partial charge in [-0.05, 0) is 36.6 Å². The van der Waals surface area contributed by atoms with Crippen LogP contribution in [-0.4, -0.2) is 9.55 Å². The SMILES string of the molecule is CCc1nc(SCc2cccc(Cl)c2)n(C)c(=O)c1Cc1cccc(C)c1. The Balaban J connectivity index is 1.89. The van der Waals surface area contributed by atoms with Crippen molar-refractivity contribution in [1.29, 1.82) is 0 Å². The predicted octanol–water partition coefficient (Wildman–Crippen LogP) is 5.19. The first-order chi connectivity index (χ1) is 13.0. The van der Waals surface area contributed by atoms with E-state index in [4.69, 9.17) is 16.6 Å². The van der Waals surface area contributed by atoms with Crippen LogP contribution in [0.1, 0.15) is 34.9 Å². The second-order valence-electron chi connectivity index (χ2n) is 6.62. The Bertz CT molecular complexity index is 1010. The molecule has 0 bridgehead atoms. The Morgan fingerprint density at radius 1 is 1.11 bits per heavy atom. The lowest BCUT2D eigenvalue weighted by Gasteiger charge is -2.13. The molecule has 140 valence electrons. The lowest BCUT2D eigenvalue weighted by molar-refractivity contribution is 0.674. The highest BCUT2D eigenvalue weighted by Crippen LogP contribution is 2.23. The van der Waals surface area contributed by atoms with Gasteiger partial charge >= 0.3 is 0 Å². The Labute approximate surface area is 169 Å². The molecule has 0 amide bonds. The highest BCUT2D eigenvalue weighted by Gasteiger charge is 2.15. The quantitative estimate of drug-likeness (QED) is 0.423. The highest BCUT2D eigenvalue weighted by molar-refractivity contribution is 7.98. The van der Waals surface area contributed by atoms with Crippen LogP contribution in [0.15, 0.2) is 58.5 Å². The van der Waals surface area contributed by atoms with E-state index in [0.29, 0.717) is 6.42 Å². The van der Waals surface area contributed by atoms with Gasteiger partial charge in [0.2, 0.25) is 0 Å². The fourth-order valence-electron chi connectivity index (χ4n) is 3.07. The number of thioether (sulfide) groups is 1. The molecule has 1 aromatic heterocycles. The number of halogens is 1. The second-order valence-corrected chi connectivity index (χ2v) is 8.00. The van der Waals surface area contributed by atoms with Gasteiger partial charge in [-0.3, -0.25) is 9.36 Å². The zero-order valence-corrected chi connectivity index (χ0v) is 17.4. The molecule has 1 heterocycles. The molecule has 0 aliphatic rings. The van der Waals surface area contributed by atoms with Crippen LogP contribution >= 0.6 is 23.4 Å². The summed E-state index contributed by atoms with van der Waals surface area (Å²) in [4.78, 5) is 17.8. The summed E-state index contributed by atoms with van der Waals surface area (Å²) >= 11 is 7.62. The maximum Gasteiger partial charge on any atom is 0.257 e. The maximum absolute atomic E-state index is 13.0. The van der Waals surface area contributed by atoms with Crippen molar-refractivity contribution in [1.82, 2.24) is 9.55 Å². The van der Waals surface area contributed by atoms with Crippen LogP contribution in [0.2, 0.25) is 5.02 Å². The van der Waals surface area contributed by atoms with E-state index in [0.717, 1.165) is 44.7 Å². The third-order valence-electron chi connectivity index (χ3n) is 4.48. The summed E-state index contributed by atoms with van der Waals surface area (Å²) in [6, 6.07) is 16.1. The summed E-state index contributed by atoms with van der Waals surface area (Å²) in [5, 5.41) is 1.46. The largest absolute Gasteiger partial charge is 0.291 e. The van der Waals surface area contributed by atoms with E-state index in [1.807, 2.05) is 37.3 Å². The Morgan fingerprint density at radius 3 is 2.56 bits per heavy atom. The van der Waals surface area contributed by atoms with Crippen LogP contribution in [-0.2, 0) is 25.6 Å². The Morgan fingerprint density at radius 2 is 1.85 bits per heavy atom. The fourth-order valence-corrected chi connectivity index (χ4v) is 4.21. The van der Waals surface area contributed by atoms with Crippen LogP contribution in [0.25, 0.3) is 0 Å². The molecule has 0 N–H and O–H groups in total. The molecule has 5 heteroatoms. The predicted molar refractivity (Wildman–Crippen MR) is 114 cm³/mol. The molecule has 0 unspecified atom stereocenters. The first-order valence-corrected chi connectivity index (χ1v) is 10.4. The first-order valence-electron chi connectivity index (χ1n) is 8.99. The fraction of sp³-hybridized carbons (Fsp3) is 0.273. The van der Waals surface area contributed by atoms with Crippen molar-refractivity contribution < 1.29 is 0 Å². The van der Waals surface area contributed by atoms with E-state index in [1.54, 1.807) is 23.4 Å². The van der Waals surface area contributed by atoms with Gasteiger partial charge < -0.3 is 0 Å². The van der Waals surface area contributed by atoms with E-state index in [-0.39, 0.29) is 5.56 Å². The molecule has 0 spiro atoms. The molecule has 0 aliphatic heterocycles. The molecule has 2 aromatic carbocycles. The van der Waals surface area contributed by atoms with Gasteiger partial charge in [0.1, 0.15) is 0 Å². The van der Waals surface area contributed by atoms with Gasteiger partial charge in [-0.15, -0.1) is 0 Å². The van der Waals surface area contributed by atoms with Gasteiger partial charge in [0, 0.05) is 29.8 Å². The minimum Gasteiger partial charge on any atom is -0.291 e. The van der Waals surface area contributed by atoms with E-state index < -0.39 is 0 Å². The van der Waals surface area contributed by atoms with E-state index in [1.165, 1.54) is 5.56 Å². The molecule has 27 heavy (non-hydrogen) atoms. The average Bonchev–Trinajstić information content (AvgIpc) is 2.65. The summed E-state index contributed by atoms with van der Waals surface area (Å²) in [6.45, 7) is 4.11. The minimum atomic E-state index is 0.0388. The molecule has 0 atom stereocenters. The molecule has 3 nitrogen and oxygen atoms in total. The number of benzene rings is 2. The van der Waals surface area contributed by atoms with Crippen molar-refractivity contribution in [2.24, 2.45) is 7.05 Å². The Kier molecular flexibility index (Phi) is 6.40. The van der Waals surface area contributed by atoms with Crippen LogP contribution in [0.5, 0.6) is 0 Å².